The maximum absolute atomic E-state index is 13.9. The molecule has 0 spiro atoms. The van der Waals surface area contributed by atoms with Crippen molar-refractivity contribution in [2.24, 2.45) is 11.3 Å². The first-order valence-corrected chi connectivity index (χ1v) is 10.8. The molecule has 3 amide bonds. The van der Waals surface area contributed by atoms with Crippen LogP contribution in [0.3, 0.4) is 0 Å². The number of carbonyl (C=O) groups excluding carboxylic acids is 4. The summed E-state index contributed by atoms with van der Waals surface area (Å²) in [4.78, 5) is 48.5. The lowest BCUT2D eigenvalue weighted by atomic mass is 9.87. The topological polar surface area (TPSA) is 104 Å². The number of aldehydes is 1. The van der Waals surface area contributed by atoms with Crippen molar-refractivity contribution in [1.82, 2.24) is 16.0 Å². The molecule has 0 aliphatic carbocycles. The van der Waals surface area contributed by atoms with Gasteiger partial charge in [0.1, 0.15) is 18.1 Å². The lowest BCUT2D eigenvalue weighted by molar-refractivity contribution is -0.130. The van der Waals surface area contributed by atoms with Crippen LogP contribution in [0, 0.1) is 17.2 Å². The van der Waals surface area contributed by atoms with Crippen LogP contribution >= 0.6 is 11.6 Å². The molecule has 0 saturated carbocycles. The molecule has 0 bridgehead atoms. The van der Waals surface area contributed by atoms with Crippen LogP contribution in [0.15, 0.2) is 24.3 Å². The minimum absolute atomic E-state index is 0.134. The van der Waals surface area contributed by atoms with E-state index in [0.29, 0.717) is 25.7 Å². The maximum atomic E-state index is 13.9. The van der Waals surface area contributed by atoms with E-state index in [1.165, 1.54) is 18.2 Å². The Bertz CT molecular complexity index is 898. The Kier molecular flexibility index (Phi) is 8.95. The number of halogens is 2. The van der Waals surface area contributed by atoms with E-state index in [9.17, 15) is 23.6 Å². The van der Waals surface area contributed by atoms with Crippen LogP contribution in [0.5, 0.6) is 0 Å². The summed E-state index contributed by atoms with van der Waals surface area (Å²) in [5.41, 5.74) is -0.124. The summed E-state index contributed by atoms with van der Waals surface area (Å²) in [6.45, 7) is 6.29. The van der Waals surface area contributed by atoms with E-state index in [1.54, 1.807) is 0 Å². The van der Waals surface area contributed by atoms with E-state index >= 15 is 0 Å². The zero-order valence-corrected chi connectivity index (χ0v) is 19.2. The summed E-state index contributed by atoms with van der Waals surface area (Å²) in [6.07, 6.45) is 4.14. The van der Waals surface area contributed by atoms with Crippen LogP contribution in [-0.2, 0) is 19.2 Å². The maximum Gasteiger partial charge on any atom is 0.244 e. The number of benzene rings is 1. The van der Waals surface area contributed by atoms with E-state index in [4.69, 9.17) is 11.6 Å². The predicted octanol–water partition coefficient (Wildman–Crippen LogP) is 2.62. The van der Waals surface area contributed by atoms with Gasteiger partial charge in [0.05, 0.1) is 6.04 Å². The van der Waals surface area contributed by atoms with Gasteiger partial charge in [0, 0.05) is 29.1 Å². The highest BCUT2D eigenvalue weighted by molar-refractivity contribution is 6.30. The minimum atomic E-state index is -0.915. The van der Waals surface area contributed by atoms with Gasteiger partial charge in [-0.15, -0.1) is 0 Å². The quantitative estimate of drug-likeness (QED) is 0.385. The average molecular weight is 466 g/mol. The Morgan fingerprint density at radius 1 is 1.31 bits per heavy atom. The molecule has 2 rings (SSSR count). The first-order valence-electron chi connectivity index (χ1n) is 10.5. The van der Waals surface area contributed by atoms with Gasteiger partial charge in [-0.05, 0) is 42.9 Å². The molecular formula is C23H29ClFN3O4. The first-order chi connectivity index (χ1) is 15.0. The van der Waals surface area contributed by atoms with Crippen molar-refractivity contribution in [3.8, 4) is 0 Å². The highest BCUT2D eigenvalue weighted by Crippen LogP contribution is 2.22. The van der Waals surface area contributed by atoms with Gasteiger partial charge in [0.15, 0.2) is 0 Å². The Hall–Kier alpha value is -2.74. The molecule has 1 saturated heterocycles. The van der Waals surface area contributed by atoms with Crippen LogP contribution < -0.4 is 16.0 Å². The monoisotopic (exact) mass is 465 g/mol. The summed E-state index contributed by atoms with van der Waals surface area (Å²) < 4.78 is 13.9. The molecule has 1 aliphatic rings. The molecule has 3 atom stereocenters. The Balaban J connectivity index is 2.06. The lowest BCUT2D eigenvalue weighted by Crippen LogP contribution is -2.51. The molecule has 9 heteroatoms. The van der Waals surface area contributed by atoms with Gasteiger partial charge in [-0.2, -0.15) is 0 Å². The molecule has 0 aromatic heterocycles. The molecule has 1 heterocycles. The van der Waals surface area contributed by atoms with Gasteiger partial charge in [0.25, 0.3) is 0 Å². The third kappa shape index (κ3) is 8.07. The second kappa shape index (κ2) is 11.2. The van der Waals surface area contributed by atoms with E-state index in [-0.39, 0.29) is 34.2 Å². The van der Waals surface area contributed by atoms with Crippen molar-refractivity contribution < 1.29 is 23.6 Å². The molecule has 7 nitrogen and oxygen atoms in total. The standard InChI is InChI=1S/C23H29ClFN3O4/c1-23(2,3)12-19(22(32)27-17(13-29)10-15-8-9-26-21(15)31)28-20(30)7-5-14-4-6-16(24)11-18(14)25/h4-7,11,13,15,17,19H,8-10,12H2,1-3H3,(H,26,31)(H,27,32)(H,28,30)/b7-5+/t15-,17?,19-/m0/s1. The molecule has 0 radical (unpaired) electrons. The van der Waals surface area contributed by atoms with Crippen molar-refractivity contribution in [3.63, 3.8) is 0 Å². The zero-order chi connectivity index (χ0) is 23.9. The van der Waals surface area contributed by atoms with E-state index in [2.05, 4.69) is 16.0 Å². The molecule has 1 fully saturated rings. The van der Waals surface area contributed by atoms with E-state index in [0.717, 1.165) is 12.1 Å². The summed E-state index contributed by atoms with van der Waals surface area (Å²) >= 11 is 5.72. The van der Waals surface area contributed by atoms with Gasteiger partial charge in [-0.25, -0.2) is 4.39 Å². The largest absolute Gasteiger partial charge is 0.356 e. The van der Waals surface area contributed by atoms with Crippen molar-refractivity contribution in [3.05, 3.63) is 40.7 Å². The normalized spacial score (nSPS) is 18.2. The molecule has 1 aromatic rings. The minimum Gasteiger partial charge on any atom is -0.356 e. The average Bonchev–Trinajstić information content (AvgIpc) is 3.09. The third-order valence-corrected chi connectivity index (χ3v) is 5.25. The van der Waals surface area contributed by atoms with Gasteiger partial charge in [-0.3, -0.25) is 14.4 Å². The van der Waals surface area contributed by atoms with E-state index in [1.807, 2.05) is 20.8 Å². The van der Waals surface area contributed by atoms with E-state index < -0.39 is 29.7 Å². The summed E-state index contributed by atoms with van der Waals surface area (Å²) in [5, 5.41) is 8.20. The number of carbonyl (C=O) groups is 4. The molecule has 1 unspecified atom stereocenters. The number of nitrogens with one attached hydrogen (secondary N) is 3. The number of rotatable bonds is 9. The number of amides is 3. The Labute approximate surface area is 192 Å². The molecule has 174 valence electrons. The highest BCUT2D eigenvalue weighted by Gasteiger charge is 2.31. The number of hydrogen-bond acceptors (Lipinski definition) is 4. The lowest BCUT2D eigenvalue weighted by Gasteiger charge is -2.27. The van der Waals surface area contributed by atoms with Gasteiger partial charge >= 0.3 is 0 Å². The van der Waals surface area contributed by atoms with Crippen LogP contribution in [0.1, 0.15) is 45.6 Å². The second-order valence-electron chi connectivity index (χ2n) is 9.09. The highest BCUT2D eigenvalue weighted by atomic mass is 35.5. The predicted molar refractivity (Wildman–Crippen MR) is 120 cm³/mol. The fourth-order valence-electron chi connectivity index (χ4n) is 3.45. The molecule has 3 N–H and O–H groups in total. The van der Waals surface area contributed by atoms with Crippen LogP contribution in [0.4, 0.5) is 4.39 Å². The fraction of sp³-hybridized carbons (Fsp3) is 0.478. The first kappa shape index (κ1) is 25.5. The van der Waals surface area contributed by atoms with Crippen LogP contribution in [0.25, 0.3) is 6.08 Å². The second-order valence-corrected chi connectivity index (χ2v) is 9.53. The van der Waals surface area contributed by atoms with Crippen molar-refractivity contribution in [2.45, 2.75) is 52.1 Å². The molecule has 1 aromatic carbocycles. The van der Waals surface area contributed by atoms with Gasteiger partial charge in [0.2, 0.25) is 17.7 Å². The SMILES string of the molecule is CC(C)(C)C[C@H](NC(=O)/C=C/c1ccc(Cl)cc1F)C(=O)NC(C=O)C[C@@H]1CCNC1=O. The Morgan fingerprint density at radius 2 is 2.03 bits per heavy atom. The fourth-order valence-corrected chi connectivity index (χ4v) is 3.61. The van der Waals surface area contributed by atoms with Gasteiger partial charge < -0.3 is 20.7 Å². The third-order valence-electron chi connectivity index (χ3n) is 5.02. The van der Waals surface area contributed by atoms with Gasteiger partial charge in [-0.1, -0.05) is 38.4 Å². The summed E-state index contributed by atoms with van der Waals surface area (Å²) in [5.74, 6) is -2.14. The smallest absolute Gasteiger partial charge is 0.244 e. The van der Waals surface area contributed by atoms with Crippen LogP contribution in [0.2, 0.25) is 5.02 Å². The molecular weight excluding hydrogens is 437 g/mol. The van der Waals surface area contributed by atoms with Crippen molar-refractivity contribution in [1.29, 1.82) is 0 Å². The molecule has 1 aliphatic heterocycles. The van der Waals surface area contributed by atoms with Crippen LogP contribution in [-0.4, -0.2) is 42.6 Å². The number of hydrogen-bond donors (Lipinski definition) is 3. The van der Waals surface area contributed by atoms with Crippen molar-refractivity contribution in [2.75, 3.05) is 6.54 Å². The summed E-state index contributed by atoms with van der Waals surface area (Å²) in [6, 6.07) is 2.33. The molecule has 32 heavy (non-hydrogen) atoms. The Morgan fingerprint density at radius 3 is 2.59 bits per heavy atom. The zero-order valence-electron chi connectivity index (χ0n) is 18.4. The van der Waals surface area contributed by atoms with Crippen molar-refractivity contribution >= 4 is 41.7 Å². The summed E-state index contributed by atoms with van der Waals surface area (Å²) in [7, 11) is 0.